The van der Waals surface area contributed by atoms with Gasteiger partial charge < -0.3 is 56.4 Å². The third-order valence-corrected chi connectivity index (χ3v) is 12.9. The van der Waals surface area contributed by atoms with Gasteiger partial charge in [0, 0.05) is 85.5 Å². The first-order chi connectivity index (χ1) is 35.9. The minimum Gasteiger partial charge on any atom is -0.483 e. The van der Waals surface area contributed by atoms with E-state index in [9.17, 15) is 47.9 Å². The van der Waals surface area contributed by atoms with Gasteiger partial charge in [-0.3, -0.25) is 43.3 Å². The van der Waals surface area contributed by atoms with Crippen LogP contribution < -0.4 is 47.9 Å². The number of rotatable bonds is 24. The molecule has 396 valence electrons. The minimum absolute atomic E-state index is 0.0436. The van der Waals surface area contributed by atoms with Crippen LogP contribution in [0.15, 0.2) is 71.5 Å². The molecule has 3 atom stereocenters. The van der Waals surface area contributed by atoms with E-state index in [-0.39, 0.29) is 106 Å². The molecule has 23 nitrogen and oxygen atoms in total. The number of cyclic esters (lactones) is 1. The molecular formula is C52H60N10O13. The maximum absolute atomic E-state index is 14.2. The van der Waals surface area contributed by atoms with Crippen LogP contribution in [-0.4, -0.2) is 113 Å². The molecule has 0 aliphatic carbocycles. The number of nitrogens with zero attached hydrogens (tertiary/aromatic N) is 3. The third kappa shape index (κ3) is 12.8. The Bertz CT molecular complexity index is 3010. The number of esters is 1. The number of fused-ring (bicyclic) bond motifs is 5. The predicted octanol–water partition coefficient (Wildman–Crippen LogP) is 1.65. The molecule has 7 rings (SSSR count). The van der Waals surface area contributed by atoms with Gasteiger partial charge in [0.1, 0.15) is 24.4 Å². The van der Waals surface area contributed by atoms with Crippen LogP contribution in [0.25, 0.3) is 22.3 Å². The lowest BCUT2D eigenvalue weighted by molar-refractivity contribution is -0.183. The largest absolute Gasteiger partial charge is 0.483 e. The summed E-state index contributed by atoms with van der Waals surface area (Å²) >= 11 is 0. The van der Waals surface area contributed by atoms with Crippen LogP contribution in [-0.2, 0) is 73.2 Å². The molecule has 5 heterocycles. The number of nitrogens with one attached hydrogen (secondary N) is 6. The number of carbonyl (C=O) groups is 9. The van der Waals surface area contributed by atoms with E-state index in [0.717, 1.165) is 33.5 Å². The summed E-state index contributed by atoms with van der Waals surface area (Å²) in [7, 11) is 0. The number of nitrogens with two attached hydrogens (primary N) is 1. The summed E-state index contributed by atoms with van der Waals surface area (Å²) in [5.41, 5.74) is 6.86. The first kappa shape index (κ1) is 54.3. The zero-order valence-electron chi connectivity index (χ0n) is 42.0. The SMILES string of the molecule is CC[C@@]1(OCc2ccc(NC(=O)[C@H](CCCNC(N)=O)NC(=O)[C@@H](NC(C)=O)C(C)C)cc2OCC(=O)NCCCNC(=O)CCN2C(=O)C=CC2=O)C(=O)OCc2c1cc1n(c2=O)Cc2cc3ccccc3nc2-1. The number of anilines is 1. The summed E-state index contributed by atoms with van der Waals surface area (Å²) in [5.74, 6) is -4.68. The Kier molecular flexibility index (Phi) is 17.4. The molecule has 3 aliphatic heterocycles. The van der Waals surface area contributed by atoms with Crippen molar-refractivity contribution in [3.8, 4) is 17.1 Å². The maximum Gasteiger partial charge on any atom is 0.343 e. The van der Waals surface area contributed by atoms with Crippen LogP contribution in [0.1, 0.15) is 82.1 Å². The van der Waals surface area contributed by atoms with Crippen molar-refractivity contribution < 1.29 is 57.4 Å². The number of carbonyl (C=O) groups excluding carboxylic acids is 9. The van der Waals surface area contributed by atoms with Gasteiger partial charge in [0.15, 0.2) is 12.2 Å². The van der Waals surface area contributed by atoms with Gasteiger partial charge in [-0.1, -0.05) is 45.0 Å². The number of hydrogen-bond acceptors (Lipinski definition) is 14. The maximum atomic E-state index is 14.2. The number of primary amides is 1. The van der Waals surface area contributed by atoms with E-state index in [1.54, 1.807) is 37.5 Å². The Hall–Kier alpha value is -8.47. The van der Waals surface area contributed by atoms with Gasteiger partial charge in [-0.15, -0.1) is 0 Å². The highest BCUT2D eigenvalue weighted by Gasteiger charge is 2.48. The van der Waals surface area contributed by atoms with Crippen molar-refractivity contribution in [2.24, 2.45) is 11.7 Å². The number of ether oxygens (including phenoxy) is 3. The van der Waals surface area contributed by atoms with Crippen LogP contribution in [0, 0.1) is 5.92 Å². The highest BCUT2D eigenvalue weighted by atomic mass is 16.6. The van der Waals surface area contributed by atoms with E-state index in [1.165, 1.54) is 19.1 Å². The lowest BCUT2D eigenvalue weighted by Gasteiger charge is -2.36. The molecule has 23 heteroatoms. The lowest BCUT2D eigenvalue weighted by Crippen LogP contribution is -2.54. The Morgan fingerprint density at radius 1 is 0.867 bits per heavy atom. The average molecular weight is 1030 g/mol. The molecule has 0 spiro atoms. The minimum atomic E-state index is -1.78. The van der Waals surface area contributed by atoms with Gasteiger partial charge in [0.25, 0.3) is 23.3 Å². The molecule has 0 bridgehead atoms. The lowest BCUT2D eigenvalue weighted by atomic mass is 9.85. The van der Waals surface area contributed by atoms with E-state index in [2.05, 4.69) is 31.9 Å². The van der Waals surface area contributed by atoms with Crippen LogP contribution in [0.3, 0.4) is 0 Å². The standard InChI is InChI=1S/C52H60N10O13/c1-5-52(36-24-39-46-33(22-31-10-6-7-11-37(31)59-46)25-62(39)49(70)35(36)27-74-50(52)71)75-26-32-13-14-34(58-47(68)38(12-8-18-56-51(53)72)60-48(69)45(29(2)3)57-30(4)63)23-40(32)73-28-42(65)55-20-9-19-54-41(64)17-21-61-43(66)15-16-44(61)67/h6-7,10-11,13-16,22-24,29,38,45H,5,8-9,12,17-21,25-28H2,1-4H3,(H,54,64)(H,55,65)(H,57,63)(H,58,68)(H,60,69)(H3,53,56,72)/t38-,45-,52-/m0/s1. The van der Waals surface area contributed by atoms with Gasteiger partial charge in [-0.25, -0.2) is 14.6 Å². The summed E-state index contributed by atoms with van der Waals surface area (Å²) in [6.07, 6.45) is 2.81. The monoisotopic (exact) mass is 1030 g/mol. The fourth-order valence-corrected chi connectivity index (χ4v) is 8.96. The summed E-state index contributed by atoms with van der Waals surface area (Å²) in [6, 6.07) is 12.9. The fourth-order valence-electron chi connectivity index (χ4n) is 8.96. The molecule has 0 fully saturated rings. The number of pyridine rings is 2. The number of amides is 9. The molecule has 2 aromatic heterocycles. The van der Waals surface area contributed by atoms with Gasteiger partial charge >= 0.3 is 12.0 Å². The van der Waals surface area contributed by atoms with E-state index in [4.69, 9.17) is 24.9 Å². The predicted molar refractivity (Wildman–Crippen MR) is 270 cm³/mol. The molecular weight excluding hydrogens is 973 g/mol. The van der Waals surface area contributed by atoms with Crippen molar-refractivity contribution in [2.45, 2.75) is 97.2 Å². The fraction of sp³-hybridized carbons (Fsp3) is 0.404. The average Bonchev–Trinajstić information content (AvgIpc) is 3.90. The molecule has 0 saturated carbocycles. The van der Waals surface area contributed by atoms with Gasteiger partial charge in [0.05, 0.1) is 35.6 Å². The number of benzene rings is 2. The molecule has 0 saturated heterocycles. The Balaban J connectivity index is 1.10. The molecule has 4 aromatic rings. The summed E-state index contributed by atoms with van der Waals surface area (Å²) in [4.78, 5) is 134. The van der Waals surface area contributed by atoms with Crippen LogP contribution in [0.2, 0.25) is 0 Å². The van der Waals surface area contributed by atoms with Crippen molar-refractivity contribution in [1.29, 1.82) is 0 Å². The van der Waals surface area contributed by atoms with Gasteiger partial charge in [-0.05, 0) is 55.9 Å². The van der Waals surface area contributed by atoms with Crippen molar-refractivity contribution in [1.82, 2.24) is 41.0 Å². The number of imide groups is 1. The first-order valence-electron chi connectivity index (χ1n) is 24.6. The first-order valence-corrected chi connectivity index (χ1v) is 24.6. The van der Waals surface area contributed by atoms with Crippen LogP contribution in [0.4, 0.5) is 10.5 Å². The zero-order chi connectivity index (χ0) is 54.0. The van der Waals surface area contributed by atoms with E-state index in [0.29, 0.717) is 28.9 Å². The summed E-state index contributed by atoms with van der Waals surface area (Å²) < 4.78 is 19.9. The normalized spacial score (nSPS) is 16.1. The molecule has 0 unspecified atom stereocenters. The highest BCUT2D eigenvalue weighted by Crippen LogP contribution is 2.42. The third-order valence-electron chi connectivity index (χ3n) is 12.9. The second-order valence-electron chi connectivity index (χ2n) is 18.5. The van der Waals surface area contributed by atoms with Gasteiger partial charge in [0.2, 0.25) is 23.6 Å². The second kappa shape index (κ2) is 24.0. The zero-order valence-corrected chi connectivity index (χ0v) is 42.0. The Labute approximate surface area is 430 Å². The van der Waals surface area contributed by atoms with Crippen molar-refractivity contribution in [3.05, 3.63) is 99.4 Å². The van der Waals surface area contributed by atoms with E-state index >= 15 is 0 Å². The van der Waals surface area contributed by atoms with E-state index < -0.39 is 71.7 Å². The molecule has 3 aliphatic rings. The van der Waals surface area contributed by atoms with Crippen molar-refractivity contribution in [2.75, 3.05) is 38.1 Å². The molecule has 9 amide bonds. The van der Waals surface area contributed by atoms with Gasteiger partial charge in [-0.2, -0.15) is 0 Å². The second-order valence-corrected chi connectivity index (χ2v) is 18.5. The van der Waals surface area contributed by atoms with E-state index in [1.807, 2.05) is 30.3 Å². The van der Waals surface area contributed by atoms with Crippen molar-refractivity contribution >= 4 is 69.9 Å². The van der Waals surface area contributed by atoms with Crippen LogP contribution in [0.5, 0.6) is 5.75 Å². The summed E-state index contributed by atoms with van der Waals surface area (Å²) in [6.45, 7) is 5.92. The number of urea groups is 1. The number of hydrogen-bond donors (Lipinski definition) is 7. The molecule has 75 heavy (non-hydrogen) atoms. The topological polar surface area (TPSA) is 318 Å². The smallest absolute Gasteiger partial charge is 0.343 e. The molecule has 0 radical (unpaired) electrons. The molecule has 8 N–H and O–H groups in total. The highest BCUT2D eigenvalue weighted by molar-refractivity contribution is 6.13. The number of para-hydroxylation sites is 1. The Morgan fingerprint density at radius 2 is 1.59 bits per heavy atom. The molecule has 2 aromatic carbocycles. The summed E-state index contributed by atoms with van der Waals surface area (Å²) in [5, 5.41) is 16.8. The van der Waals surface area contributed by atoms with Crippen molar-refractivity contribution in [3.63, 3.8) is 0 Å². The number of aromatic nitrogens is 2. The Morgan fingerprint density at radius 3 is 2.29 bits per heavy atom. The quantitative estimate of drug-likeness (QED) is 0.0263. The van der Waals surface area contributed by atoms with Crippen LogP contribution >= 0.6 is 0 Å².